The summed E-state index contributed by atoms with van der Waals surface area (Å²) in [4.78, 5) is 11.6. The normalized spacial score (nSPS) is 13.0. The summed E-state index contributed by atoms with van der Waals surface area (Å²) in [5.74, 6) is 1.00. The van der Waals surface area contributed by atoms with E-state index in [1.807, 2.05) is 13.8 Å². The van der Waals surface area contributed by atoms with E-state index in [1.165, 1.54) is 12.4 Å². The predicted molar refractivity (Wildman–Crippen MR) is 73.8 cm³/mol. The maximum atomic E-state index is 11.2. The molecule has 0 aliphatic carbocycles. The van der Waals surface area contributed by atoms with Crippen LogP contribution in [-0.2, 0) is 21.2 Å². The van der Waals surface area contributed by atoms with Crippen molar-refractivity contribution in [1.29, 1.82) is 0 Å². The van der Waals surface area contributed by atoms with E-state index in [9.17, 15) is 8.42 Å². The molecule has 0 amide bonds. The van der Waals surface area contributed by atoms with Gasteiger partial charge < -0.3 is 14.0 Å². The first-order valence-electron chi connectivity index (χ1n) is 6.49. The van der Waals surface area contributed by atoms with Crippen LogP contribution in [0.4, 0.5) is 0 Å². The molecule has 10 heteroatoms. The molecule has 1 atom stereocenters. The zero-order valence-corrected chi connectivity index (χ0v) is 13.2. The molecule has 9 nitrogen and oxygen atoms in total. The van der Waals surface area contributed by atoms with E-state index < -0.39 is 9.84 Å². The van der Waals surface area contributed by atoms with Crippen LogP contribution in [0.1, 0.15) is 31.7 Å². The molecule has 0 saturated carbocycles. The van der Waals surface area contributed by atoms with Crippen molar-refractivity contribution in [2.45, 2.75) is 31.7 Å². The van der Waals surface area contributed by atoms with Gasteiger partial charge in [-0.05, 0) is 13.8 Å². The minimum Gasteiger partial charge on any atom is -0.481 e. The molecule has 2 heterocycles. The summed E-state index contributed by atoms with van der Waals surface area (Å²) in [5.41, 5.74) is 0. The average molecular weight is 328 g/mol. The van der Waals surface area contributed by atoms with Crippen LogP contribution >= 0.6 is 0 Å². The highest BCUT2D eigenvalue weighted by atomic mass is 32.2. The van der Waals surface area contributed by atoms with Gasteiger partial charge >= 0.3 is 0 Å². The van der Waals surface area contributed by atoms with Gasteiger partial charge in [0.05, 0.1) is 12.4 Å². The molecule has 0 aliphatic heterocycles. The molecule has 0 radical (unpaired) electrons. The lowest BCUT2D eigenvalue weighted by molar-refractivity contribution is 0.0683. The SMILES string of the molecule is CCOC(C)c1noc(COc2cnc(S(C)(=O)=O)nc2)n1. The van der Waals surface area contributed by atoms with Gasteiger partial charge in [-0.3, -0.25) is 0 Å². The number of nitrogens with zero attached hydrogens (tertiary/aromatic N) is 4. The molecule has 0 aromatic carbocycles. The minimum atomic E-state index is -3.43. The van der Waals surface area contributed by atoms with Gasteiger partial charge in [-0.15, -0.1) is 0 Å². The van der Waals surface area contributed by atoms with Gasteiger partial charge in [0.15, 0.2) is 18.2 Å². The lowest BCUT2D eigenvalue weighted by atomic mass is 10.4. The second kappa shape index (κ2) is 6.79. The number of aromatic nitrogens is 4. The van der Waals surface area contributed by atoms with Gasteiger partial charge in [-0.25, -0.2) is 18.4 Å². The van der Waals surface area contributed by atoms with Crippen molar-refractivity contribution < 1.29 is 22.4 Å². The van der Waals surface area contributed by atoms with E-state index >= 15 is 0 Å². The molecule has 0 saturated heterocycles. The Kier molecular flexibility index (Phi) is 5.03. The van der Waals surface area contributed by atoms with E-state index in [4.69, 9.17) is 14.0 Å². The molecule has 22 heavy (non-hydrogen) atoms. The predicted octanol–water partition coefficient (Wildman–Crippen LogP) is 0.940. The Balaban J connectivity index is 1.96. The molecule has 0 N–H and O–H groups in total. The van der Waals surface area contributed by atoms with Gasteiger partial charge in [0.1, 0.15) is 6.10 Å². The monoisotopic (exact) mass is 328 g/mol. The molecule has 0 aliphatic rings. The topological polar surface area (TPSA) is 117 Å². The summed E-state index contributed by atoms with van der Waals surface area (Å²) in [7, 11) is -3.43. The van der Waals surface area contributed by atoms with Gasteiger partial charge in [0, 0.05) is 12.9 Å². The van der Waals surface area contributed by atoms with Gasteiger partial charge in [-0.1, -0.05) is 5.16 Å². The van der Waals surface area contributed by atoms with Crippen LogP contribution < -0.4 is 4.74 Å². The van der Waals surface area contributed by atoms with Gasteiger partial charge in [0.2, 0.25) is 15.0 Å². The standard InChI is InChI=1S/C12H16N4O5S/c1-4-19-8(2)11-15-10(21-16-11)7-20-9-5-13-12(14-6-9)22(3,17)18/h5-6,8H,4,7H2,1-3H3. The fourth-order valence-electron chi connectivity index (χ4n) is 1.53. The van der Waals surface area contributed by atoms with Crippen molar-refractivity contribution in [2.75, 3.05) is 12.9 Å². The van der Waals surface area contributed by atoms with E-state index in [2.05, 4.69) is 20.1 Å². The summed E-state index contributed by atoms with van der Waals surface area (Å²) in [6.07, 6.45) is 3.30. The molecule has 1 unspecified atom stereocenters. The summed E-state index contributed by atoms with van der Waals surface area (Å²) in [6, 6.07) is 0. The van der Waals surface area contributed by atoms with E-state index in [0.29, 0.717) is 18.2 Å². The summed E-state index contributed by atoms with van der Waals surface area (Å²) >= 11 is 0. The molecule has 0 bridgehead atoms. The Bertz CT molecular complexity index is 713. The summed E-state index contributed by atoms with van der Waals surface area (Å²) in [6.45, 7) is 4.26. The second-order valence-corrected chi connectivity index (χ2v) is 6.32. The van der Waals surface area contributed by atoms with Crippen LogP contribution in [0, 0.1) is 0 Å². The first-order chi connectivity index (χ1) is 10.4. The van der Waals surface area contributed by atoms with Crippen molar-refractivity contribution >= 4 is 9.84 Å². The summed E-state index contributed by atoms with van der Waals surface area (Å²) in [5, 5.41) is 3.53. The Morgan fingerprint density at radius 3 is 2.59 bits per heavy atom. The number of hydrogen-bond donors (Lipinski definition) is 0. The van der Waals surface area contributed by atoms with Crippen LogP contribution in [0.5, 0.6) is 5.75 Å². The minimum absolute atomic E-state index is 0.0213. The number of rotatable bonds is 7. The lowest BCUT2D eigenvalue weighted by Crippen LogP contribution is -2.05. The largest absolute Gasteiger partial charge is 0.481 e. The van der Waals surface area contributed by atoms with Crippen molar-refractivity contribution in [2.24, 2.45) is 0 Å². The van der Waals surface area contributed by atoms with Crippen molar-refractivity contribution in [3.8, 4) is 5.75 Å². The molecule has 2 aromatic heterocycles. The zero-order valence-electron chi connectivity index (χ0n) is 12.4. The number of ether oxygens (including phenoxy) is 2. The highest BCUT2D eigenvalue weighted by Gasteiger charge is 2.14. The fraction of sp³-hybridized carbons (Fsp3) is 0.500. The number of hydrogen-bond acceptors (Lipinski definition) is 9. The average Bonchev–Trinajstić information content (AvgIpc) is 2.94. The Morgan fingerprint density at radius 2 is 2.00 bits per heavy atom. The van der Waals surface area contributed by atoms with E-state index in [1.54, 1.807) is 0 Å². The molecule has 2 rings (SSSR count). The maximum Gasteiger partial charge on any atom is 0.264 e. The smallest absolute Gasteiger partial charge is 0.264 e. The van der Waals surface area contributed by atoms with Crippen molar-refractivity contribution in [1.82, 2.24) is 20.1 Å². The first kappa shape index (κ1) is 16.3. The molecule has 0 fully saturated rings. The molecular weight excluding hydrogens is 312 g/mol. The highest BCUT2D eigenvalue weighted by Crippen LogP contribution is 2.14. The van der Waals surface area contributed by atoms with E-state index in [0.717, 1.165) is 6.26 Å². The lowest BCUT2D eigenvalue weighted by Gasteiger charge is -2.05. The van der Waals surface area contributed by atoms with Crippen LogP contribution in [0.2, 0.25) is 0 Å². The zero-order chi connectivity index (χ0) is 16.2. The molecule has 0 spiro atoms. The Hall–Kier alpha value is -2.07. The Labute approximate surface area is 127 Å². The van der Waals surface area contributed by atoms with Crippen LogP contribution in [0.15, 0.2) is 22.1 Å². The third kappa shape index (κ3) is 4.21. The van der Waals surface area contributed by atoms with Gasteiger partial charge in [-0.2, -0.15) is 4.98 Å². The maximum absolute atomic E-state index is 11.2. The van der Waals surface area contributed by atoms with Gasteiger partial charge in [0.25, 0.3) is 5.89 Å². The highest BCUT2D eigenvalue weighted by molar-refractivity contribution is 7.90. The second-order valence-electron chi connectivity index (χ2n) is 4.41. The third-order valence-corrected chi connectivity index (χ3v) is 3.44. The van der Waals surface area contributed by atoms with Crippen LogP contribution in [-0.4, -0.2) is 41.4 Å². The van der Waals surface area contributed by atoms with Crippen molar-refractivity contribution in [3.63, 3.8) is 0 Å². The van der Waals surface area contributed by atoms with E-state index in [-0.39, 0.29) is 23.8 Å². The quantitative estimate of drug-likeness (QED) is 0.684. The number of sulfone groups is 1. The fourth-order valence-corrected chi connectivity index (χ4v) is 2.02. The third-order valence-electron chi connectivity index (χ3n) is 2.56. The molecule has 2 aromatic rings. The van der Waals surface area contributed by atoms with Crippen LogP contribution in [0.3, 0.4) is 0 Å². The van der Waals surface area contributed by atoms with Crippen LogP contribution in [0.25, 0.3) is 0 Å². The first-order valence-corrected chi connectivity index (χ1v) is 8.38. The Morgan fingerprint density at radius 1 is 1.32 bits per heavy atom. The summed E-state index contributed by atoms with van der Waals surface area (Å²) < 4.78 is 38.2. The van der Waals surface area contributed by atoms with Crippen molar-refractivity contribution in [3.05, 3.63) is 24.1 Å². The molecular formula is C12H16N4O5S. The molecule has 120 valence electrons.